The first-order valence-electron chi connectivity index (χ1n) is 7.49. The van der Waals surface area contributed by atoms with E-state index in [4.69, 9.17) is 4.74 Å². The van der Waals surface area contributed by atoms with Gasteiger partial charge in [-0.2, -0.15) is 0 Å². The Morgan fingerprint density at radius 1 is 1.41 bits per heavy atom. The third-order valence-electron chi connectivity index (χ3n) is 3.86. The van der Waals surface area contributed by atoms with Gasteiger partial charge in [-0.25, -0.2) is 9.18 Å². The number of cyclic esters (lactones) is 1. The van der Waals surface area contributed by atoms with Crippen molar-refractivity contribution in [2.75, 3.05) is 26.2 Å². The zero-order chi connectivity index (χ0) is 16.1. The van der Waals surface area contributed by atoms with E-state index < -0.39 is 6.09 Å². The number of hydrogen-bond acceptors (Lipinski definition) is 3. The van der Waals surface area contributed by atoms with Crippen LogP contribution in [0.4, 0.5) is 9.18 Å². The fourth-order valence-electron chi connectivity index (χ4n) is 2.58. The van der Waals surface area contributed by atoms with E-state index in [-0.39, 0.29) is 24.3 Å². The number of carbonyl (C=O) groups excluding carboxylic acids is 2. The molecule has 1 fully saturated rings. The smallest absolute Gasteiger partial charge is 0.410 e. The molecule has 1 aliphatic heterocycles. The molecule has 120 valence electrons. The van der Waals surface area contributed by atoms with Crippen molar-refractivity contribution in [3.05, 3.63) is 35.6 Å². The Morgan fingerprint density at radius 3 is 2.68 bits per heavy atom. The highest BCUT2D eigenvalue weighted by Gasteiger charge is 2.26. The fraction of sp³-hybridized carbons (Fsp3) is 0.500. The quantitative estimate of drug-likeness (QED) is 0.840. The summed E-state index contributed by atoms with van der Waals surface area (Å²) >= 11 is 0. The molecule has 5 nitrogen and oxygen atoms in total. The summed E-state index contributed by atoms with van der Waals surface area (Å²) in [6, 6.07) is 5.92. The maximum absolute atomic E-state index is 13.0. The predicted molar refractivity (Wildman–Crippen MR) is 79.7 cm³/mol. The van der Waals surface area contributed by atoms with Crippen LogP contribution >= 0.6 is 0 Å². The number of benzene rings is 1. The second kappa shape index (κ2) is 7.24. The van der Waals surface area contributed by atoms with Crippen LogP contribution in [0, 0.1) is 5.82 Å². The molecule has 1 aromatic carbocycles. The highest BCUT2D eigenvalue weighted by Crippen LogP contribution is 2.21. The highest BCUT2D eigenvalue weighted by atomic mass is 19.1. The summed E-state index contributed by atoms with van der Waals surface area (Å²) in [6.07, 6.45) is 0.295. The predicted octanol–water partition coefficient (Wildman–Crippen LogP) is 2.58. The van der Waals surface area contributed by atoms with E-state index in [0.29, 0.717) is 19.7 Å². The molecule has 1 atom stereocenters. The van der Waals surface area contributed by atoms with E-state index in [2.05, 4.69) is 0 Å². The number of hydrogen-bond donors (Lipinski definition) is 0. The number of ether oxygens (including phenoxy) is 1. The molecular weight excluding hydrogens is 287 g/mol. The van der Waals surface area contributed by atoms with Crippen molar-refractivity contribution in [1.29, 1.82) is 0 Å². The van der Waals surface area contributed by atoms with Crippen LogP contribution in [0.2, 0.25) is 0 Å². The Kier molecular flexibility index (Phi) is 5.35. The molecule has 0 bridgehead atoms. The molecule has 0 aliphatic carbocycles. The Hall–Kier alpha value is -2.11. The SMILES string of the molecule is CCN(C(=O)CN1CCCOC1=O)[C@H](C)c1ccc(F)cc1. The summed E-state index contributed by atoms with van der Waals surface area (Å²) in [7, 11) is 0. The van der Waals surface area contributed by atoms with E-state index in [9.17, 15) is 14.0 Å². The molecule has 0 spiro atoms. The van der Waals surface area contributed by atoms with Crippen LogP contribution in [0.5, 0.6) is 0 Å². The van der Waals surface area contributed by atoms with Gasteiger partial charge in [0.05, 0.1) is 12.6 Å². The molecule has 1 aliphatic rings. The molecule has 0 aromatic heterocycles. The van der Waals surface area contributed by atoms with Crippen LogP contribution in [0.3, 0.4) is 0 Å². The van der Waals surface area contributed by atoms with Crippen LogP contribution in [0.15, 0.2) is 24.3 Å². The highest BCUT2D eigenvalue weighted by molar-refractivity contribution is 5.82. The van der Waals surface area contributed by atoms with E-state index >= 15 is 0 Å². The molecule has 0 unspecified atom stereocenters. The number of nitrogens with zero attached hydrogens (tertiary/aromatic N) is 2. The van der Waals surface area contributed by atoms with Crippen molar-refractivity contribution in [1.82, 2.24) is 9.80 Å². The molecule has 1 saturated heterocycles. The Balaban J connectivity index is 2.04. The van der Waals surface area contributed by atoms with E-state index in [1.54, 1.807) is 17.0 Å². The van der Waals surface area contributed by atoms with Crippen LogP contribution in [-0.2, 0) is 9.53 Å². The number of amides is 2. The van der Waals surface area contributed by atoms with Crippen molar-refractivity contribution in [2.24, 2.45) is 0 Å². The lowest BCUT2D eigenvalue weighted by Gasteiger charge is -2.32. The van der Waals surface area contributed by atoms with Gasteiger partial charge in [0.15, 0.2) is 0 Å². The summed E-state index contributed by atoms with van der Waals surface area (Å²) in [6.45, 7) is 5.24. The molecule has 1 heterocycles. The van der Waals surface area contributed by atoms with Gasteiger partial charge in [-0.15, -0.1) is 0 Å². The van der Waals surface area contributed by atoms with E-state index in [1.165, 1.54) is 17.0 Å². The standard InChI is InChI=1S/C16H21FN2O3/c1-3-19(12(2)13-5-7-14(17)8-6-13)15(20)11-18-9-4-10-22-16(18)21/h5-8,12H,3-4,9-11H2,1-2H3/t12-/m1/s1. The molecule has 0 saturated carbocycles. The second-order valence-corrected chi connectivity index (χ2v) is 5.30. The first-order chi connectivity index (χ1) is 10.5. The molecule has 2 amide bonds. The maximum Gasteiger partial charge on any atom is 0.410 e. The number of likely N-dealkylation sites (N-methyl/N-ethyl adjacent to an activating group) is 1. The molecule has 22 heavy (non-hydrogen) atoms. The van der Waals surface area contributed by atoms with Gasteiger partial charge in [-0.3, -0.25) is 9.69 Å². The summed E-state index contributed by atoms with van der Waals surface area (Å²) in [5.41, 5.74) is 0.859. The third-order valence-corrected chi connectivity index (χ3v) is 3.86. The lowest BCUT2D eigenvalue weighted by molar-refractivity contribution is -0.134. The molecular formula is C16H21FN2O3. The minimum absolute atomic E-state index is 0.0121. The van der Waals surface area contributed by atoms with Crippen LogP contribution in [-0.4, -0.2) is 48.0 Å². The molecule has 2 rings (SSSR count). The Morgan fingerprint density at radius 2 is 2.09 bits per heavy atom. The van der Waals surface area contributed by atoms with Crippen molar-refractivity contribution < 1.29 is 18.7 Å². The zero-order valence-electron chi connectivity index (χ0n) is 12.9. The average molecular weight is 308 g/mol. The Bertz CT molecular complexity index is 533. The zero-order valence-corrected chi connectivity index (χ0v) is 12.9. The maximum atomic E-state index is 13.0. The van der Waals surface area contributed by atoms with Crippen LogP contribution in [0.25, 0.3) is 0 Å². The molecule has 0 N–H and O–H groups in total. The van der Waals surface area contributed by atoms with Crippen molar-refractivity contribution in [2.45, 2.75) is 26.3 Å². The topological polar surface area (TPSA) is 49.9 Å². The molecule has 1 aromatic rings. The van der Waals surface area contributed by atoms with E-state index in [1.807, 2.05) is 13.8 Å². The van der Waals surface area contributed by atoms with Gasteiger partial charge < -0.3 is 9.64 Å². The minimum atomic E-state index is -0.440. The Labute approximate surface area is 129 Å². The van der Waals surface area contributed by atoms with Crippen LogP contribution in [0.1, 0.15) is 31.9 Å². The summed E-state index contributed by atoms with van der Waals surface area (Å²) in [5.74, 6) is -0.445. The summed E-state index contributed by atoms with van der Waals surface area (Å²) in [5, 5.41) is 0. The largest absolute Gasteiger partial charge is 0.449 e. The fourth-order valence-corrected chi connectivity index (χ4v) is 2.58. The van der Waals surface area contributed by atoms with Gasteiger partial charge in [0.1, 0.15) is 12.4 Å². The van der Waals surface area contributed by atoms with Gasteiger partial charge in [-0.05, 0) is 38.0 Å². The number of rotatable bonds is 5. The monoisotopic (exact) mass is 308 g/mol. The summed E-state index contributed by atoms with van der Waals surface area (Å²) < 4.78 is 17.9. The first-order valence-corrected chi connectivity index (χ1v) is 7.49. The van der Waals surface area contributed by atoms with Crippen molar-refractivity contribution >= 4 is 12.0 Å². The van der Waals surface area contributed by atoms with Crippen LogP contribution < -0.4 is 0 Å². The van der Waals surface area contributed by atoms with Gasteiger partial charge in [0, 0.05) is 13.1 Å². The van der Waals surface area contributed by atoms with Gasteiger partial charge >= 0.3 is 6.09 Å². The minimum Gasteiger partial charge on any atom is -0.449 e. The van der Waals surface area contributed by atoms with E-state index in [0.717, 1.165) is 12.0 Å². The molecule has 6 heteroatoms. The second-order valence-electron chi connectivity index (χ2n) is 5.30. The third kappa shape index (κ3) is 3.75. The average Bonchev–Trinajstić information content (AvgIpc) is 2.51. The normalized spacial score (nSPS) is 16.1. The van der Waals surface area contributed by atoms with Crippen molar-refractivity contribution in [3.63, 3.8) is 0 Å². The number of halogens is 1. The van der Waals surface area contributed by atoms with Gasteiger partial charge in [0.25, 0.3) is 0 Å². The van der Waals surface area contributed by atoms with Gasteiger partial charge in [-0.1, -0.05) is 12.1 Å². The number of carbonyl (C=O) groups is 2. The van der Waals surface area contributed by atoms with Gasteiger partial charge in [0.2, 0.25) is 5.91 Å². The lowest BCUT2D eigenvalue weighted by atomic mass is 10.1. The summed E-state index contributed by atoms with van der Waals surface area (Å²) in [4.78, 5) is 27.2. The molecule has 0 radical (unpaired) electrons. The first kappa shape index (κ1) is 16.3. The van der Waals surface area contributed by atoms with Crippen molar-refractivity contribution in [3.8, 4) is 0 Å². The lowest BCUT2D eigenvalue weighted by Crippen LogP contribution is -2.46.